The van der Waals surface area contributed by atoms with Crippen molar-refractivity contribution in [1.29, 1.82) is 0 Å². The lowest BCUT2D eigenvalue weighted by atomic mass is 10.1. The number of benzene rings is 1. The molecule has 1 aromatic rings. The van der Waals surface area contributed by atoms with Crippen LogP contribution < -0.4 is 4.90 Å². The number of rotatable bonds is 7. The van der Waals surface area contributed by atoms with Gasteiger partial charge in [0.2, 0.25) is 0 Å². The summed E-state index contributed by atoms with van der Waals surface area (Å²) >= 11 is 0. The second-order valence-electron chi connectivity index (χ2n) is 3.85. The minimum atomic E-state index is -1.31. The van der Waals surface area contributed by atoms with Gasteiger partial charge in [-0.25, -0.2) is 4.79 Å². The topological polar surface area (TPSA) is 92.9 Å². The SMILES string of the molecule is CCOCCN(C)c1cccc(C(=O)O)c1[N+](=O)[O-]. The zero-order chi connectivity index (χ0) is 14.4. The molecule has 0 spiro atoms. The summed E-state index contributed by atoms with van der Waals surface area (Å²) in [5.41, 5.74) is -0.440. The van der Waals surface area contributed by atoms with Gasteiger partial charge in [0, 0.05) is 20.2 Å². The van der Waals surface area contributed by atoms with Crippen LogP contribution in [0, 0.1) is 10.1 Å². The van der Waals surface area contributed by atoms with E-state index in [9.17, 15) is 14.9 Å². The van der Waals surface area contributed by atoms with Crippen molar-refractivity contribution in [3.63, 3.8) is 0 Å². The predicted molar refractivity (Wildman–Crippen MR) is 69.8 cm³/mol. The van der Waals surface area contributed by atoms with Crippen LogP contribution in [0.1, 0.15) is 17.3 Å². The van der Waals surface area contributed by atoms with Crippen molar-refractivity contribution in [3.8, 4) is 0 Å². The molecule has 0 atom stereocenters. The van der Waals surface area contributed by atoms with Crippen LogP contribution in [0.2, 0.25) is 0 Å². The normalized spacial score (nSPS) is 10.2. The number of hydrogen-bond donors (Lipinski definition) is 1. The van der Waals surface area contributed by atoms with Crippen LogP contribution >= 0.6 is 0 Å². The van der Waals surface area contributed by atoms with Crippen molar-refractivity contribution in [2.75, 3.05) is 31.7 Å². The summed E-state index contributed by atoms with van der Waals surface area (Å²) in [5, 5.41) is 20.1. The van der Waals surface area contributed by atoms with Crippen LogP contribution in [0.4, 0.5) is 11.4 Å². The van der Waals surface area contributed by atoms with Gasteiger partial charge in [0.1, 0.15) is 11.3 Å². The molecular weight excluding hydrogens is 252 g/mol. The van der Waals surface area contributed by atoms with E-state index in [2.05, 4.69) is 0 Å². The molecule has 104 valence electrons. The fraction of sp³-hybridized carbons (Fsp3) is 0.417. The minimum absolute atomic E-state index is 0.268. The number of ether oxygens (including phenoxy) is 1. The molecular formula is C12H16N2O5. The summed E-state index contributed by atoms with van der Waals surface area (Å²) in [5.74, 6) is -1.31. The Kier molecular flexibility index (Phi) is 5.25. The lowest BCUT2D eigenvalue weighted by molar-refractivity contribution is -0.384. The number of nitrogens with zero attached hydrogens (tertiary/aromatic N) is 2. The summed E-state index contributed by atoms with van der Waals surface area (Å²) < 4.78 is 5.18. The molecule has 0 aliphatic rings. The van der Waals surface area contributed by atoms with Gasteiger partial charge in [-0.2, -0.15) is 0 Å². The van der Waals surface area contributed by atoms with Crippen LogP contribution in [0.3, 0.4) is 0 Å². The number of para-hydroxylation sites is 1. The third-order valence-electron chi connectivity index (χ3n) is 2.61. The summed E-state index contributed by atoms with van der Waals surface area (Å²) in [4.78, 5) is 23.0. The number of nitro groups is 1. The Labute approximate surface area is 110 Å². The third kappa shape index (κ3) is 3.65. The Balaban J connectivity index is 3.09. The molecule has 0 aromatic heterocycles. The van der Waals surface area contributed by atoms with Crippen molar-refractivity contribution >= 4 is 17.3 Å². The molecule has 7 nitrogen and oxygen atoms in total. The molecule has 0 unspecified atom stereocenters. The molecule has 0 heterocycles. The molecule has 0 fully saturated rings. The second kappa shape index (κ2) is 6.69. The van der Waals surface area contributed by atoms with Gasteiger partial charge in [-0.1, -0.05) is 6.07 Å². The van der Waals surface area contributed by atoms with E-state index in [1.165, 1.54) is 18.2 Å². The first-order valence-corrected chi connectivity index (χ1v) is 5.78. The van der Waals surface area contributed by atoms with Crippen LogP contribution in [-0.2, 0) is 4.74 Å². The number of aromatic carboxylic acids is 1. The molecule has 0 aliphatic carbocycles. The van der Waals surface area contributed by atoms with E-state index in [1.54, 1.807) is 11.9 Å². The van der Waals surface area contributed by atoms with Crippen LogP contribution in [0.15, 0.2) is 18.2 Å². The fourth-order valence-corrected chi connectivity index (χ4v) is 1.67. The monoisotopic (exact) mass is 268 g/mol. The van der Waals surface area contributed by atoms with Crippen molar-refractivity contribution in [2.45, 2.75) is 6.92 Å². The molecule has 1 rings (SSSR count). The second-order valence-corrected chi connectivity index (χ2v) is 3.85. The number of likely N-dealkylation sites (N-methyl/N-ethyl adjacent to an activating group) is 1. The predicted octanol–water partition coefficient (Wildman–Crippen LogP) is 1.77. The van der Waals surface area contributed by atoms with Crippen molar-refractivity contribution in [2.24, 2.45) is 0 Å². The molecule has 0 radical (unpaired) electrons. The van der Waals surface area contributed by atoms with Gasteiger partial charge in [-0.3, -0.25) is 10.1 Å². The zero-order valence-corrected chi connectivity index (χ0v) is 10.8. The first-order valence-electron chi connectivity index (χ1n) is 5.78. The number of carboxylic acid groups (broad SMARTS) is 1. The van der Waals surface area contributed by atoms with E-state index in [0.29, 0.717) is 19.8 Å². The van der Waals surface area contributed by atoms with Gasteiger partial charge in [0.25, 0.3) is 0 Å². The van der Waals surface area contributed by atoms with Gasteiger partial charge in [-0.15, -0.1) is 0 Å². The quantitative estimate of drug-likeness (QED) is 0.460. The van der Waals surface area contributed by atoms with E-state index in [4.69, 9.17) is 9.84 Å². The number of hydrogen-bond acceptors (Lipinski definition) is 5. The maximum atomic E-state index is 11.1. The lowest BCUT2D eigenvalue weighted by Crippen LogP contribution is -2.24. The number of carbonyl (C=O) groups is 1. The number of nitro benzene ring substituents is 1. The fourth-order valence-electron chi connectivity index (χ4n) is 1.67. The minimum Gasteiger partial charge on any atom is -0.477 e. The molecule has 0 bridgehead atoms. The molecule has 7 heteroatoms. The molecule has 1 N–H and O–H groups in total. The molecule has 1 aromatic carbocycles. The number of anilines is 1. The summed E-state index contributed by atoms with van der Waals surface area (Å²) in [6.07, 6.45) is 0. The largest absolute Gasteiger partial charge is 0.477 e. The van der Waals surface area contributed by atoms with Crippen molar-refractivity contribution in [1.82, 2.24) is 0 Å². The highest BCUT2D eigenvalue weighted by atomic mass is 16.6. The third-order valence-corrected chi connectivity index (χ3v) is 2.61. The van der Waals surface area contributed by atoms with Gasteiger partial charge in [0.05, 0.1) is 11.5 Å². The Morgan fingerprint density at radius 2 is 2.21 bits per heavy atom. The Morgan fingerprint density at radius 1 is 1.53 bits per heavy atom. The zero-order valence-electron chi connectivity index (χ0n) is 10.8. The van der Waals surface area contributed by atoms with Gasteiger partial charge >= 0.3 is 11.7 Å². The molecule has 0 saturated carbocycles. The van der Waals surface area contributed by atoms with Gasteiger partial charge in [-0.05, 0) is 19.1 Å². The Bertz CT molecular complexity index is 475. The van der Waals surface area contributed by atoms with E-state index in [0.717, 1.165) is 0 Å². The summed E-state index contributed by atoms with van der Waals surface area (Å²) in [6, 6.07) is 4.24. The Hall–Kier alpha value is -2.15. The average Bonchev–Trinajstić information content (AvgIpc) is 2.37. The molecule has 0 amide bonds. The maximum absolute atomic E-state index is 11.1. The standard InChI is InChI=1S/C12H16N2O5/c1-3-19-8-7-13(2)10-6-4-5-9(12(15)16)11(10)14(17)18/h4-6H,3,7-8H2,1-2H3,(H,15,16). The van der Waals surface area contributed by atoms with E-state index in [-0.39, 0.29) is 11.3 Å². The highest BCUT2D eigenvalue weighted by Gasteiger charge is 2.25. The maximum Gasteiger partial charge on any atom is 0.342 e. The van der Waals surface area contributed by atoms with E-state index in [1.807, 2.05) is 6.92 Å². The summed E-state index contributed by atoms with van der Waals surface area (Å²) in [6.45, 7) is 3.28. The van der Waals surface area contributed by atoms with Crippen molar-refractivity contribution < 1.29 is 19.6 Å². The highest BCUT2D eigenvalue weighted by molar-refractivity contribution is 5.95. The number of carboxylic acids is 1. The average molecular weight is 268 g/mol. The first-order chi connectivity index (χ1) is 8.99. The van der Waals surface area contributed by atoms with Gasteiger partial charge < -0.3 is 14.7 Å². The Morgan fingerprint density at radius 3 is 2.74 bits per heavy atom. The highest BCUT2D eigenvalue weighted by Crippen LogP contribution is 2.31. The van der Waals surface area contributed by atoms with E-state index >= 15 is 0 Å². The molecule has 0 saturated heterocycles. The van der Waals surface area contributed by atoms with Gasteiger partial charge in [0.15, 0.2) is 0 Å². The first kappa shape index (κ1) is 14.9. The summed E-state index contributed by atoms with van der Waals surface area (Å²) in [7, 11) is 1.66. The molecule has 0 aliphatic heterocycles. The van der Waals surface area contributed by atoms with E-state index < -0.39 is 16.6 Å². The van der Waals surface area contributed by atoms with Crippen molar-refractivity contribution in [3.05, 3.63) is 33.9 Å². The van der Waals surface area contributed by atoms with Crippen LogP contribution in [0.5, 0.6) is 0 Å². The van der Waals surface area contributed by atoms with Crippen LogP contribution in [0.25, 0.3) is 0 Å². The lowest BCUT2D eigenvalue weighted by Gasteiger charge is -2.19. The van der Waals surface area contributed by atoms with Crippen LogP contribution in [-0.4, -0.2) is 42.8 Å². The molecule has 19 heavy (non-hydrogen) atoms. The smallest absolute Gasteiger partial charge is 0.342 e.